The number of aliphatic carboxylic acids is 1. The normalized spacial score (nSPS) is 19.3. The molecule has 2 amide bonds. The topological polar surface area (TPSA) is 87.5 Å². The van der Waals surface area contributed by atoms with E-state index >= 15 is 0 Å². The molecule has 3 aromatic rings. The first-order valence-corrected chi connectivity index (χ1v) is 9.78. The molecule has 0 spiro atoms. The minimum Gasteiger partial charge on any atom is -0.481 e. The van der Waals surface area contributed by atoms with Crippen molar-refractivity contribution in [2.24, 2.45) is 11.8 Å². The molecule has 2 N–H and O–H groups in total. The summed E-state index contributed by atoms with van der Waals surface area (Å²) >= 11 is 0. The van der Waals surface area contributed by atoms with Gasteiger partial charge in [0.15, 0.2) is 0 Å². The van der Waals surface area contributed by atoms with Crippen molar-refractivity contribution in [3.63, 3.8) is 0 Å². The summed E-state index contributed by atoms with van der Waals surface area (Å²) in [5.41, 5.74) is 1.11. The predicted octanol–water partition coefficient (Wildman–Crippen LogP) is 3.66. The van der Waals surface area contributed by atoms with Crippen LogP contribution in [0.2, 0.25) is 0 Å². The standard InChI is InChI=1S/C22H24N4O3/c1-15-11-18(21(27)28)13-25(12-15)22(29)24-20-9-10-23-26(20)14-17-7-4-6-16-5-2-3-8-19(16)17/h2-10,15,18H,11-14H2,1H3,(H,24,29)(H,27,28). The molecular weight excluding hydrogens is 368 g/mol. The molecule has 1 aliphatic heterocycles. The zero-order valence-corrected chi connectivity index (χ0v) is 16.3. The summed E-state index contributed by atoms with van der Waals surface area (Å²) < 4.78 is 1.75. The van der Waals surface area contributed by atoms with E-state index in [0.29, 0.717) is 25.3 Å². The van der Waals surface area contributed by atoms with Crippen molar-refractivity contribution < 1.29 is 14.7 Å². The Labute approximate surface area is 168 Å². The van der Waals surface area contributed by atoms with E-state index in [4.69, 9.17) is 0 Å². The van der Waals surface area contributed by atoms with Gasteiger partial charge in [-0.2, -0.15) is 5.10 Å². The monoisotopic (exact) mass is 392 g/mol. The summed E-state index contributed by atoms with van der Waals surface area (Å²) in [6.45, 7) is 3.27. The van der Waals surface area contributed by atoms with Crippen LogP contribution in [0, 0.1) is 11.8 Å². The Morgan fingerprint density at radius 1 is 1.14 bits per heavy atom. The van der Waals surface area contributed by atoms with Gasteiger partial charge in [-0.15, -0.1) is 0 Å². The van der Waals surface area contributed by atoms with Crippen molar-refractivity contribution >= 4 is 28.6 Å². The van der Waals surface area contributed by atoms with Crippen LogP contribution in [0.3, 0.4) is 0 Å². The van der Waals surface area contributed by atoms with E-state index in [-0.39, 0.29) is 18.5 Å². The van der Waals surface area contributed by atoms with Gasteiger partial charge >= 0.3 is 12.0 Å². The number of aromatic nitrogens is 2. The van der Waals surface area contributed by atoms with E-state index in [1.54, 1.807) is 21.8 Å². The van der Waals surface area contributed by atoms with Gasteiger partial charge in [0, 0.05) is 19.2 Å². The zero-order valence-electron chi connectivity index (χ0n) is 16.3. The number of carbonyl (C=O) groups is 2. The predicted molar refractivity (Wildman–Crippen MR) is 111 cm³/mol. The second-order valence-electron chi connectivity index (χ2n) is 7.72. The highest BCUT2D eigenvalue weighted by Crippen LogP contribution is 2.23. The van der Waals surface area contributed by atoms with Crippen LogP contribution in [-0.4, -0.2) is 44.9 Å². The second kappa shape index (κ2) is 7.95. The van der Waals surface area contributed by atoms with Crippen molar-refractivity contribution in [1.82, 2.24) is 14.7 Å². The molecule has 0 saturated carbocycles. The van der Waals surface area contributed by atoms with Crippen LogP contribution >= 0.6 is 0 Å². The van der Waals surface area contributed by atoms with Crippen molar-refractivity contribution in [2.75, 3.05) is 18.4 Å². The van der Waals surface area contributed by atoms with Crippen LogP contribution in [0.5, 0.6) is 0 Å². The summed E-state index contributed by atoms with van der Waals surface area (Å²) in [4.78, 5) is 25.7. The highest BCUT2D eigenvalue weighted by molar-refractivity contribution is 5.89. The molecule has 29 heavy (non-hydrogen) atoms. The molecule has 2 aromatic carbocycles. The van der Waals surface area contributed by atoms with E-state index in [0.717, 1.165) is 16.3 Å². The molecule has 1 aliphatic rings. The van der Waals surface area contributed by atoms with Crippen LogP contribution in [-0.2, 0) is 11.3 Å². The molecular formula is C22H24N4O3. The Hall–Kier alpha value is -3.35. The summed E-state index contributed by atoms with van der Waals surface area (Å²) in [7, 11) is 0. The van der Waals surface area contributed by atoms with Gasteiger partial charge in [-0.3, -0.25) is 10.1 Å². The van der Waals surface area contributed by atoms with Crippen molar-refractivity contribution in [2.45, 2.75) is 19.9 Å². The van der Waals surface area contributed by atoms with Gasteiger partial charge in [0.05, 0.1) is 18.7 Å². The maximum Gasteiger partial charge on any atom is 0.323 e. The Balaban J connectivity index is 1.51. The number of hydrogen-bond donors (Lipinski definition) is 2. The Bertz CT molecular complexity index is 1040. The Morgan fingerprint density at radius 3 is 2.76 bits per heavy atom. The van der Waals surface area contributed by atoms with Crippen LogP contribution in [0.4, 0.5) is 10.6 Å². The summed E-state index contributed by atoms with van der Waals surface area (Å²) in [5.74, 6) is -0.635. The lowest BCUT2D eigenvalue weighted by atomic mass is 9.91. The van der Waals surface area contributed by atoms with E-state index in [1.807, 2.05) is 25.1 Å². The summed E-state index contributed by atoms with van der Waals surface area (Å²) in [6, 6.07) is 15.8. The minimum atomic E-state index is -0.852. The zero-order chi connectivity index (χ0) is 20.4. The number of carboxylic acid groups (broad SMARTS) is 1. The number of carboxylic acids is 1. The van der Waals surface area contributed by atoms with Gasteiger partial charge < -0.3 is 10.0 Å². The lowest BCUT2D eigenvalue weighted by molar-refractivity contribution is -0.143. The highest BCUT2D eigenvalue weighted by atomic mass is 16.4. The smallest absolute Gasteiger partial charge is 0.323 e. The quantitative estimate of drug-likeness (QED) is 0.709. The second-order valence-corrected chi connectivity index (χ2v) is 7.72. The fourth-order valence-electron chi connectivity index (χ4n) is 4.04. The van der Waals surface area contributed by atoms with E-state index in [9.17, 15) is 14.7 Å². The molecule has 150 valence electrons. The average Bonchev–Trinajstić information content (AvgIpc) is 3.14. The van der Waals surface area contributed by atoms with Crippen molar-refractivity contribution in [1.29, 1.82) is 0 Å². The number of rotatable bonds is 4. The van der Waals surface area contributed by atoms with Crippen LogP contribution < -0.4 is 5.32 Å². The molecule has 1 fully saturated rings. The fourth-order valence-corrected chi connectivity index (χ4v) is 4.04. The maximum atomic E-state index is 12.8. The first-order valence-electron chi connectivity index (χ1n) is 9.78. The van der Waals surface area contributed by atoms with E-state index < -0.39 is 11.9 Å². The molecule has 2 atom stereocenters. The molecule has 1 aromatic heterocycles. The number of piperidine rings is 1. The first kappa shape index (κ1) is 19.0. The molecule has 0 aliphatic carbocycles. The number of benzene rings is 2. The number of anilines is 1. The SMILES string of the molecule is CC1CC(C(=O)O)CN(C(=O)Nc2ccnn2Cc2cccc3ccccc23)C1. The molecule has 0 bridgehead atoms. The minimum absolute atomic E-state index is 0.149. The first-order chi connectivity index (χ1) is 14.0. The largest absolute Gasteiger partial charge is 0.481 e. The number of urea groups is 1. The summed E-state index contributed by atoms with van der Waals surface area (Å²) in [5, 5.41) is 18.9. The summed E-state index contributed by atoms with van der Waals surface area (Å²) in [6.07, 6.45) is 2.25. The lowest BCUT2D eigenvalue weighted by Crippen LogP contribution is -2.47. The lowest BCUT2D eigenvalue weighted by Gasteiger charge is -2.34. The molecule has 4 rings (SSSR count). The molecule has 2 heterocycles. The number of nitrogens with zero attached hydrogens (tertiary/aromatic N) is 3. The maximum absolute atomic E-state index is 12.8. The number of nitrogens with one attached hydrogen (secondary N) is 1. The van der Waals surface area contributed by atoms with Gasteiger partial charge in [0.2, 0.25) is 0 Å². The van der Waals surface area contributed by atoms with Crippen LogP contribution in [0.15, 0.2) is 54.7 Å². The average molecular weight is 392 g/mol. The van der Waals surface area contributed by atoms with Crippen molar-refractivity contribution in [3.8, 4) is 0 Å². The molecule has 7 heteroatoms. The Morgan fingerprint density at radius 2 is 1.93 bits per heavy atom. The molecule has 0 radical (unpaired) electrons. The number of hydrogen-bond acceptors (Lipinski definition) is 3. The van der Waals surface area contributed by atoms with Gasteiger partial charge in [-0.25, -0.2) is 9.48 Å². The van der Waals surface area contributed by atoms with Gasteiger partial charge in [0.1, 0.15) is 5.82 Å². The third-order valence-electron chi connectivity index (χ3n) is 5.45. The van der Waals surface area contributed by atoms with Crippen LogP contribution in [0.25, 0.3) is 10.8 Å². The highest BCUT2D eigenvalue weighted by Gasteiger charge is 2.32. The third kappa shape index (κ3) is 4.08. The molecule has 2 unspecified atom stereocenters. The molecule has 7 nitrogen and oxygen atoms in total. The van der Waals surface area contributed by atoms with E-state index in [1.165, 1.54) is 0 Å². The molecule has 1 saturated heterocycles. The third-order valence-corrected chi connectivity index (χ3v) is 5.45. The fraction of sp³-hybridized carbons (Fsp3) is 0.318. The Kier molecular flexibility index (Phi) is 5.20. The van der Waals surface area contributed by atoms with Crippen molar-refractivity contribution in [3.05, 3.63) is 60.3 Å². The van der Waals surface area contributed by atoms with Gasteiger partial charge in [0.25, 0.3) is 0 Å². The number of carbonyl (C=O) groups excluding carboxylic acids is 1. The van der Waals surface area contributed by atoms with Crippen LogP contribution in [0.1, 0.15) is 18.9 Å². The number of fused-ring (bicyclic) bond motifs is 1. The number of amides is 2. The van der Waals surface area contributed by atoms with Gasteiger partial charge in [-0.1, -0.05) is 49.4 Å². The van der Waals surface area contributed by atoms with E-state index in [2.05, 4.69) is 34.7 Å². The van der Waals surface area contributed by atoms with Gasteiger partial charge in [-0.05, 0) is 28.7 Å². The number of likely N-dealkylation sites (tertiary alicyclic amines) is 1.